The molecule has 0 saturated heterocycles. The molecule has 1 saturated carbocycles. The summed E-state index contributed by atoms with van der Waals surface area (Å²) in [6, 6.07) is 7.16. The van der Waals surface area contributed by atoms with Gasteiger partial charge in [0.25, 0.3) is 0 Å². The van der Waals surface area contributed by atoms with E-state index in [1.54, 1.807) is 24.3 Å². The summed E-state index contributed by atoms with van der Waals surface area (Å²) in [5.41, 5.74) is -0.582. The topological polar surface area (TPSA) is 67.4 Å². The Morgan fingerprint density at radius 2 is 1.73 bits per heavy atom. The molecule has 0 radical (unpaired) electrons. The Morgan fingerprint density at radius 1 is 1.14 bits per heavy atom. The monoisotopic (exact) mass is 304 g/mol. The lowest BCUT2D eigenvalue weighted by Crippen LogP contribution is -2.48. The third-order valence-corrected chi connectivity index (χ3v) is 3.53. The lowest BCUT2D eigenvalue weighted by atomic mass is 10.0. The van der Waals surface area contributed by atoms with Crippen molar-refractivity contribution in [2.45, 2.75) is 46.1 Å². The summed E-state index contributed by atoms with van der Waals surface area (Å²) in [6.07, 6.45) is 1.19. The van der Waals surface area contributed by atoms with Crippen LogP contribution < -0.4 is 15.4 Å². The highest BCUT2D eigenvalue weighted by Gasteiger charge is 2.57. The number of amides is 2. The largest absolute Gasteiger partial charge is 0.494 e. The first-order valence-corrected chi connectivity index (χ1v) is 7.64. The summed E-state index contributed by atoms with van der Waals surface area (Å²) in [5.74, 6) is 0.328. The molecule has 0 aromatic heterocycles. The van der Waals surface area contributed by atoms with Gasteiger partial charge >= 0.3 is 0 Å². The second kappa shape index (κ2) is 5.99. The molecular weight excluding hydrogens is 280 g/mol. The molecule has 1 aromatic rings. The normalized spacial score (nSPS) is 15.8. The van der Waals surface area contributed by atoms with Gasteiger partial charge in [0.2, 0.25) is 11.8 Å². The van der Waals surface area contributed by atoms with E-state index in [-0.39, 0.29) is 17.4 Å². The molecule has 1 aliphatic rings. The van der Waals surface area contributed by atoms with Crippen molar-refractivity contribution >= 4 is 17.5 Å². The number of nitrogens with one attached hydrogen (secondary N) is 2. The molecule has 1 aromatic carbocycles. The number of rotatable bonds is 5. The van der Waals surface area contributed by atoms with Gasteiger partial charge in [0.1, 0.15) is 11.2 Å². The summed E-state index contributed by atoms with van der Waals surface area (Å²) in [6.45, 7) is 8.24. The maximum absolute atomic E-state index is 12.4. The molecule has 0 aliphatic heterocycles. The number of carbonyl (C=O) groups excluding carboxylic acids is 2. The van der Waals surface area contributed by atoms with Crippen molar-refractivity contribution in [3.8, 4) is 5.75 Å². The zero-order chi connectivity index (χ0) is 16.4. The highest BCUT2D eigenvalue weighted by Crippen LogP contribution is 2.47. The van der Waals surface area contributed by atoms with Gasteiger partial charge in [-0.2, -0.15) is 0 Å². The number of ether oxygens (including phenoxy) is 1. The van der Waals surface area contributed by atoms with Crippen molar-refractivity contribution in [3.05, 3.63) is 24.3 Å². The van der Waals surface area contributed by atoms with Crippen LogP contribution in [-0.2, 0) is 9.59 Å². The van der Waals surface area contributed by atoms with Crippen LogP contribution in [0.25, 0.3) is 0 Å². The number of hydrogen-bond acceptors (Lipinski definition) is 3. The first-order valence-electron chi connectivity index (χ1n) is 7.64. The van der Waals surface area contributed by atoms with Crippen LogP contribution in [-0.4, -0.2) is 24.0 Å². The summed E-state index contributed by atoms with van der Waals surface area (Å²) < 4.78 is 5.36. The van der Waals surface area contributed by atoms with E-state index in [0.29, 0.717) is 25.1 Å². The highest BCUT2D eigenvalue weighted by atomic mass is 16.5. The standard InChI is InChI=1S/C17H24N2O3/c1-5-22-13-8-6-12(7-9-13)18-14(20)17(10-11-17)15(21)19-16(2,3)4/h6-9H,5,10-11H2,1-4H3,(H,18,20)(H,19,21). The lowest BCUT2D eigenvalue weighted by Gasteiger charge is -2.24. The second-order valence-corrected chi connectivity index (χ2v) is 6.70. The Hall–Kier alpha value is -2.04. The fraction of sp³-hybridized carbons (Fsp3) is 0.529. The van der Waals surface area contributed by atoms with E-state index in [1.165, 1.54) is 0 Å². The van der Waals surface area contributed by atoms with Gasteiger partial charge in [-0.05, 0) is 64.8 Å². The quantitative estimate of drug-likeness (QED) is 0.822. The minimum atomic E-state index is -0.911. The van der Waals surface area contributed by atoms with Crippen molar-refractivity contribution in [2.24, 2.45) is 5.41 Å². The van der Waals surface area contributed by atoms with Gasteiger partial charge in [0.15, 0.2) is 0 Å². The zero-order valence-electron chi connectivity index (χ0n) is 13.7. The molecule has 120 valence electrons. The molecule has 5 nitrogen and oxygen atoms in total. The minimum absolute atomic E-state index is 0.191. The van der Waals surface area contributed by atoms with Crippen LogP contribution in [0.15, 0.2) is 24.3 Å². The van der Waals surface area contributed by atoms with E-state index in [4.69, 9.17) is 4.74 Å². The minimum Gasteiger partial charge on any atom is -0.494 e. The van der Waals surface area contributed by atoms with Crippen LogP contribution in [0.2, 0.25) is 0 Å². The molecule has 0 unspecified atom stereocenters. The van der Waals surface area contributed by atoms with E-state index < -0.39 is 5.41 Å². The van der Waals surface area contributed by atoms with Gasteiger partial charge in [-0.3, -0.25) is 9.59 Å². The molecule has 0 bridgehead atoms. The van der Waals surface area contributed by atoms with Gasteiger partial charge in [0, 0.05) is 11.2 Å². The first kappa shape index (κ1) is 16.3. The molecule has 2 amide bonds. The number of anilines is 1. The SMILES string of the molecule is CCOc1ccc(NC(=O)C2(C(=O)NC(C)(C)C)CC2)cc1. The van der Waals surface area contributed by atoms with Crippen molar-refractivity contribution in [1.29, 1.82) is 0 Å². The van der Waals surface area contributed by atoms with Crippen LogP contribution >= 0.6 is 0 Å². The average molecular weight is 304 g/mol. The number of carbonyl (C=O) groups is 2. The highest BCUT2D eigenvalue weighted by molar-refractivity contribution is 6.13. The van der Waals surface area contributed by atoms with Gasteiger partial charge in [-0.1, -0.05) is 0 Å². The van der Waals surface area contributed by atoms with Gasteiger partial charge in [0.05, 0.1) is 6.61 Å². The van der Waals surface area contributed by atoms with Crippen molar-refractivity contribution < 1.29 is 14.3 Å². The molecule has 5 heteroatoms. The molecule has 2 rings (SSSR count). The van der Waals surface area contributed by atoms with Crippen LogP contribution in [0.5, 0.6) is 5.75 Å². The Balaban J connectivity index is 2.01. The van der Waals surface area contributed by atoms with Gasteiger partial charge in [-0.25, -0.2) is 0 Å². The van der Waals surface area contributed by atoms with Crippen molar-refractivity contribution in [1.82, 2.24) is 5.32 Å². The third-order valence-electron chi connectivity index (χ3n) is 3.53. The summed E-state index contributed by atoms with van der Waals surface area (Å²) in [4.78, 5) is 24.8. The van der Waals surface area contributed by atoms with E-state index in [0.717, 1.165) is 5.75 Å². The van der Waals surface area contributed by atoms with Gasteiger partial charge in [-0.15, -0.1) is 0 Å². The summed E-state index contributed by atoms with van der Waals surface area (Å²) >= 11 is 0. The summed E-state index contributed by atoms with van der Waals surface area (Å²) in [7, 11) is 0. The maximum Gasteiger partial charge on any atom is 0.240 e. The van der Waals surface area contributed by atoms with Crippen molar-refractivity contribution in [3.63, 3.8) is 0 Å². The zero-order valence-corrected chi connectivity index (χ0v) is 13.7. The van der Waals surface area contributed by atoms with E-state index >= 15 is 0 Å². The van der Waals surface area contributed by atoms with Crippen molar-refractivity contribution in [2.75, 3.05) is 11.9 Å². The summed E-state index contributed by atoms with van der Waals surface area (Å²) in [5, 5.41) is 5.72. The lowest BCUT2D eigenvalue weighted by molar-refractivity contribution is -0.135. The fourth-order valence-corrected chi connectivity index (χ4v) is 2.19. The Morgan fingerprint density at radius 3 is 2.18 bits per heavy atom. The molecule has 22 heavy (non-hydrogen) atoms. The van der Waals surface area contributed by atoms with Crippen LogP contribution in [0.1, 0.15) is 40.5 Å². The fourth-order valence-electron chi connectivity index (χ4n) is 2.19. The van der Waals surface area contributed by atoms with Crippen LogP contribution in [0, 0.1) is 5.41 Å². The smallest absolute Gasteiger partial charge is 0.240 e. The molecule has 0 heterocycles. The van der Waals surface area contributed by atoms with Crippen LogP contribution in [0.3, 0.4) is 0 Å². The predicted molar refractivity (Wildman–Crippen MR) is 85.8 cm³/mol. The molecular formula is C17H24N2O3. The number of hydrogen-bond donors (Lipinski definition) is 2. The van der Waals surface area contributed by atoms with Crippen LogP contribution in [0.4, 0.5) is 5.69 Å². The molecule has 0 spiro atoms. The van der Waals surface area contributed by atoms with E-state index in [9.17, 15) is 9.59 Å². The maximum atomic E-state index is 12.4. The molecule has 0 atom stereocenters. The Kier molecular flexibility index (Phi) is 4.44. The number of benzene rings is 1. The Bertz CT molecular complexity index is 554. The predicted octanol–water partition coefficient (Wildman–Crippen LogP) is 2.72. The second-order valence-electron chi connectivity index (χ2n) is 6.70. The molecule has 1 fully saturated rings. The molecule has 2 N–H and O–H groups in total. The van der Waals surface area contributed by atoms with E-state index in [1.807, 2.05) is 27.7 Å². The first-order chi connectivity index (χ1) is 10.3. The third kappa shape index (κ3) is 3.78. The Labute approximate surface area is 131 Å². The molecule has 1 aliphatic carbocycles. The average Bonchev–Trinajstić information content (AvgIpc) is 3.21. The van der Waals surface area contributed by atoms with E-state index in [2.05, 4.69) is 10.6 Å². The van der Waals surface area contributed by atoms with Gasteiger partial charge < -0.3 is 15.4 Å².